The summed E-state index contributed by atoms with van der Waals surface area (Å²) in [5, 5.41) is 4.34. The number of hydrogen-bond acceptors (Lipinski definition) is 3. The Morgan fingerprint density at radius 2 is 2.00 bits per heavy atom. The van der Waals surface area contributed by atoms with Gasteiger partial charge in [-0.25, -0.2) is 13.1 Å². The topological polar surface area (TPSA) is 64.0 Å². The van der Waals surface area contributed by atoms with Crippen LogP contribution >= 0.6 is 0 Å². The van der Waals surface area contributed by atoms with Crippen LogP contribution in [0.4, 0.5) is 0 Å². The van der Waals surface area contributed by atoms with Crippen molar-refractivity contribution < 1.29 is 8.42 Å². The Balaban J connectivity index is 2.74. The molecule has 0 bridgehead atoms. The maximum atomic E-state index is 11.7. The minimum Gasteiger partial charge on any atom is -0.272 e. The average molecular weight is 273 g/mol. The summed E-state index contributed by atoms with van der Waals surface area (Å²) in [7, 11) is -1.25. The molecule has 0 fully saturated rings. The molecule has 0 saturated heterocycles. The van der Waals surface area contributed by atoms with Crippen LogP contribution in [0.5, 0.6) is 0 Å². The number of rotatable bonds is 6. The molecule has 0 spiro atoms. The second kappa shape index (κ2) is 5.84. The van der Waals surface area contributed by atoms with E-state index in [2.05, 4.69) is 9.82 Å². The molecule has 1 aromatic heterocycles. The van der Waals surface area contributed by atoms with E-state index >= 15 is 0 Å². The van der Waals surface area contributed by atoms with Gasteiger partial charge in [0.15, 0.2) is 0 Å². The van der Waals surface area contributed by atoms with Crippen molar-refractivity contribution in [3.05, 3.63) is 17.0 Å². The summed E-state index contributed by atoms with van der Waals surface area (Å²) in [6.45, 7) is 7.70. The Morgan fingerprint density at radius 1 is 1.39 bits per heavy atom. The third-order valence-electron chi connectivity index (χ3n) is 3.02. The van der Waals surface area contributed by atoms with Crippen LogP contribution < -0.4 is 4.72 Å². The minimum atomic E-state index is -3.15. The Morgan fingerprint density at radius 3 is 2.44 bits per heavy atom. The summed E-state index contributed by atoms with van der Waals surface area (Å²) in [5.74, 6) is 0.183. The van der Waals surface area contributed by atoms with E-state index < -0.39 is 10.0 Å². The summed E-state index contributed by atoms with van der Waals surface area (Å²) in [4.78, 5) is 0. The molecule has 18 heavy (non-hydrogen) atoms. The Bertz CT molecular complexity index is 506. The molecule has 0 amide bonds. The molecule has 1 N–H and O–H groups in total. The molecule has 1 rings (SSSR count). The van der Waals surface area contributed by atoms with Crippen LogP contribution in [0.2, 0.25) is 0 Å². The normalized spacial score (nSPS) is 13.8. The Kier molecular flexibility index (Phi) is 4.92. The quantitative estimate of drug-likeness (QED) is 0.849. The average Bonchev–Trinajstić information content (AvgIpc) is 2.44. The number of hydrogen-bond donors (Lipinski definition) is 1. The van der Waals surface area contributed by atoms with Gasteiger partial charge in [0.1, 0.15) is 0 Å². The van der Waals surface area contributed by atoms with Crippen molar-refractivity contribution in [3.8, 4) is 0 Å². The lowest BCUT2D eigenvalue weighted by Gasteiger charge is -2.14. The molecular weight excluding hydrogens is 250 g/mol. The van der Waals surface area contributed by atoms with Gasteiger partial charge in [-0.05, 0) is 39.2 Å². The fourth-order valence-corrected chi connectivity index (χ4v) is 3.45. The highest BCUT2D eigenvalue weighted by Crippen LogP contribution is 2.14. The van der Waals surface area contributed by atoms with Crippen molar-refractivity contribution in [2.24, 2.45) is 7.05 Å². The van der Waals surface area contributed by atoms with Crippen molar-refractivity contribution in [3.63, 3.8) is 0 Å². The van der Waals surface area contributed by atoms with Crippen LogP contribution in [0, 0.1) is 13.8 Å². The maximum absolute atomic E-state index is 11.7. The molecule has 104 valence electrons. The van der Waals surface area contributed by atoms with Crippen LogP contribution in [-0.4, -0.2) is 30.0 Å². The van der Waals surface area contributed by atoms with Gasteiger partial charge in [0.05, 0.1) is 11.4 Å². The molecule has 0 saturated carbocycles. The van der Waals surface area contributed by atoms with Gasteiger partial charge in [0.25, 0.3) is 0 Å². The fourth-order valence-electron chi connectivity index (χ4n) is 2.09. The summed E-state index contributed by atoms with van der Waals surface area (Å²) in [5.41, 5.74) is 3.19. The van der Waals surface area contributed by atoms with Crippen LogP contribution in [0.3, 0.4) is 0 Å². The van der Waals surface area contributed by atoms with E-state index in [-0.39, 0.29) is 11.8 Å². The van der Waals surface area contributed by atoms with E-state index in [1.54, 1.807) is 0 Å². The number of aromatic nitrogens is 2. The highest BCUT2D eigenvalue weighted by Gasteiger charge is 2.17. The Hall–Kier alpha value is -0.880. The first-order valence-electron chi connectivity index (χ1n) is 6.26. The van der Waals surface area contributed by atoms with Crippen molar-refractivity contribution in [1.29, 1.82) is 0 Å². The van der Waals surface area contributed by atoms with E-state index in [4.69, 9.17) is 0 Å². The van der Waals surface area contributed by atoms with E-state index in [0.29, 0.717) is 12.8 Å². The first-order valence-corrected chi connectivity index (χ1v) is 7.91. The zero-order valence-electron chi connectivity index (χ0n) is 11.8. The summed E-state index contributed by atoms with van der Waals surface area (Å²) in [6, 6.07) is -0.108. The Labute approximate surface area is 110 Å². The highest BCUT2D eigenvalue weighted by molar-refractivity contribution is 7.89. The van der Waals surface area contributed by atoms with Gasteiger partial charge in [-0.3, -0.25) is 4.68 Å². The number of sulfonamides is 1. The van der Waals surface area contributed by atoms with Crippen molar-refractivity contribution >= 4 is 10.0 Å². The molecular formula is C12H23N3O2S. The number of aryl methyl sites for hydroxylation is 2. The van der Waals surface area contributed by atoms with Gasteiger partial charge in [-0.15, -0.1) is 0 Å². The van der Waals surface area contributed by atoms with E-state index in [1.807, 2.05) is 39.4 Å². The van der Waals surface area contributed by atoms with Crippen LogP contribution in [-0.2, 0) is 23.5 Å². The van der Waals surface area contributed by atoms with Gasteiger partial charge in [0, 0.05) is 18.8 Å². The molecule has 0 aromatic carbocycles. The lowest BCUT2D eigenvalue weighted by atomic mass is 10.1. The molecule has 0 unspecified atom stereocenters. The van der Waals surface area contributed by atoms with Crippen molar-refractivity contribution in [2.45, 2.75) is 46.6 Å². The SMILES string of the molecule is CCCS(=O)(=O)N[C@H](C)Cc1c(C)nn(C)c1C. The van der Waals surface area contributed by atoms with Gasteiger partial charge >= 0.3 is 0 Å². The molecule has 1 atom stereocenters. The molecule has 0 radical (unpaired) electrons. The zero-order valence-corrected chi connectivity index (χ0v) is 12.6. The third-order valence-corrected chi connectivity index (χ3v) is 4.73. The fraction of sp³-hybridized carbons (Fsp3) is 0.750. The smallest absolute Gasteiger partial charge is 0.211 e. The predicted molar refractivity (Wildman–Crippen MR) is 73.1 cm³/mol. The zero-order chi connectivity index (χ0) is 13.9. The van der Waals surface area contributed by atoms with Crippen LogP contribution in [0.1, 0.15) is 37.2 Å². The second-order valence-electron chi connectivity index (χ2n) is 4.81. The van der Waals surface area contributed by atoms with E-state index in [0.717, 1.165) is 17.0 Å². The van der Waals surface area contributed by atoms with E-state index in [9.17, 15) is 8.42 Å². The lowest BCUT2D eigenvalue weighted by molar-refractivity contribution is 0.558. The third kappa shape index (κ3) is 3.81. The molecule has 5 nitrogen and oxygen atoms in total. The standard InChI is InChI=1S/C12H23N3O2S/c1-6-7-18(16,17)14-9(2)8-12-10(3)13-15(5)11(12)4/h9,14H,6-8H2,1-5H3/t9-/m1/s1. The molecule has 6 heteroatoms. The van der Waals surface area contributed by atoms with Crippen LogP contribution in [0.15, 0.2) is 0 Å². The molecule has 0 aliphatic carbocycles. The monoisotopic (exact) mass is 273 g/mol. The largest absolute Gasteiger partial charge is 0.272 e. The second-order valence-corrected chi connectivity index (χ2v) is 6.69. The van der Waals surface area contributed by atoms with Gasteiger partial charge < -0.3 is 0 Å². The van der Waals surface area contributed by atoms with Gasteiger partial charge in [0.2, 0.25) is 10.0 Å². The number of nitrogens with one attached hydrogen (secondary N) is 1. The maximum Gasteiger partial charge on any atom is 0.211 e. The van der Waals surface area contributed by atoms with Crippen molar-refractivity contribution in [2.75, 3.05) is 5.75 Å². The highest BCUT2D eigenvalue weighted by atomic mass is 32.2. The first-order chi connectivity index (χ1) is 8.26. The van der Waals surface area contributed by atoms with Crippen molar-refractivity contribution in [1.82, 2.24) is 14.5 Å². The molecule has 1 heterocycles. The van der Waals surface area contributed by atoms with Crippen LogP contribution in [0.25, 0.3) is 0 Å². The van der Waals surface area contributed by atoms with Gasteiger partial charge in [-0.1, -0.05) is 6.92 Å². The first kappa shape index (κ1) is 15.2. The minimum absolute atomic E-state index is 0.108. The summed E-state index contributed by atoms with van der Waals surface area (Å²) < 4.78 is 27.9. The number of nitrogens with zero attached hydrogens (tertiary/aromatic N) is 2. The molecule has 0 aliphatic heterocycles. The van der Waals surface area contributed by atoms with E-state index in [1.165, 1.54) is 0 Å². The summed E-state index contributed by atoms with van der Waals surface area (Å²) >= 11 is 0. The van der Waals surface area contributed by atoms with Gasteiger partial charge in [-0.2, -0.15) is 5.10 Å². The molecule has 1 aromatic rings. The summed E-state index contributed by atoms with van der Waals surface area (Å²) in [6.07, 6.45) is 1.31. The molecule has 0 aliphatic rings. The lowest BCUT2D eigenvalue weighted by Crippen LogP contribution is -2.35. The predicted octanol–water partition coefficient (Wildman–Crippen LogP) is 1.30.